The van der Waals surface area contributed by atoms with Crippen LogP contribution in [0.5, 0.6) is 0 Å². The van der Waals surface area contributed by atoms with Crippen LogP contribution in [0.1, 0.15) is 25.3 Å². The fraction of sp³-hybridized carbons (Fsp3) is 0.667. The third-order valence-corrected chi connectivity index (χ3v) is 8.04. The Kier molecular flexibility index (Phi) is 6.50. The lowest BCUT2D eigenvalue weighted by atomic mass is 9.93. The van der Waals surface area contributed by atoms with Gasteiger partial charge in [-0.05, 0) is 60.2 Å². The van der Waals surface area contributed by atoms with E-state index in [1.54, 1.807) is 10.4 Å². The van der Waals surface area contributed by atoms with E-state index in [0.717, 1.165) is 22.2 Å². The van der Waals surface area contributed by atoms with E-state index >= 15 is 0 Å². The van der Waals surface area contributed by atoms with Crippen molar-refractivity contribution in [2.24, 2.45) is 11.7 Å². The maximum atomic E-state index is 12.6. The average Bonchev–Trinajstić information content (AvgIpc) is 2.70. The van der Waals surface area contributed by atoms with Crippen molar-refractivity contribution >= 4 is 49.7 Å². The molecule has 116 valence electrons. The van der Waals surface area contributed by atoms with E-state index in [9.17, 15) is 8.42 Å². The number of nitrogens with zero attached hydrogens (tertiary/aromatic N) is 1. The molecular formula is C12H20BrClN2O2S2. The zero-order valence-corrected chi connectivity index (χ0v) is 15.5. The van der Waals surface area contributed by atoms with Crippen LogP contribution in [0.2, 0.25) is 0 Å². The van der Waals surface area contributed by atoms with E-state index in [4.69, 9.17) is 5.73 Å². The van der Waals surface area contributed by atoms with Gasteiger partial charge in [-0.3, -0.25) is 0 Å². The summed E-state index contributed by atoms with van der Waals surface area (Å²) in [5.41, 5.74) is 6.88. The molecule has 20 heavy (non-hydrogen) atoms. The standard InChI is InChI=1S/C12H19BrN2O2S2.ClH/c1-8-6-11(18-12(8)13)19(16,17)15-5-3-4-10(7-15)9(2)14;/h6,9-10H,3-5,7,14H2,1-2H3;1H. The molecule has 0 radical (unpaired) electrons. The molecule has 1 aliphatic rings. The quantitative estimate of drug-likeness (QED) is 0.844. The van der Waals surface area contributed by atoms with Crippen molar-refractivity contribution in [3.8, 4) is 0 Å². The van der Waals surface area contributed by atoms with Crippen molar-refractivity contribution in [3.05, 3.63) is 15.4 Å². The van der Waals surface area contributed by atoms with Gasteiger partial charge in [0.25, 0.3) is 10.0 Å². The van der Waals surface area contributed by atoms with E-state index < -0.39 is 10.0 Å². The Morgan fingerprint density at radius 3 is 2.70 bits per heavy atom. The first-order chi connectivity index (χ1) is 8.82. The number of hydrogen-bond acceptors (Lipinski definition) is 4. The second-order valence-corrected chi connectivity index (χ2v) is 9.68. The van der Waals surface area contributed by atoms with Crippen molar-refractivity contribution in [3.63, 3.8) is 0 Å². The minimum atomic E-state index is -3.36. The molecule has 0 saturated carbocycles. The van der Waals surface area contributed by atoms with Gasteiger partial charge in [-0.15, -0.1) is 23.7 Å². The van der Waals surface area contributed by atoms with Crippen LogP contribution in [0.25, 0.3) is 0 Å². The summed E-state index contributed by atoms with van der Waals surface area (Å²) in [5.74, 6) is 0.257. The van der Waals surface area contributed by atoms with Crippen LogP contribution < -0.4 is 5.73 Å². The molecule has 1 saturated heterocycles. The molecule has 4 nitrogen and oxygen atoms in total. The van der Waals surface area contributed by atoms with Gasteiger partial charge in [0, 0.05) is 19.1 Å². The summed E-state index contributed by atoms with van der Waals surface area (Å²) in [6, 6.07) is 1.77. The summed E-state index contributed by atoms with van der Waals surface area (Å²) in [6.07, 6.45) is 1.90. The van der Waals surface area contributed by atoms with E-state index in [0.29, 0.717) is 17.3 Å². The van der Waals surface area contributed by atoms with E-state index in [2.05, 4.69) is 15.9 Å². The van der Waals surface area contributed by atoms with Crippen LogP contribution in [0.3, 0.4) is 0 Å². The zero-order valence-electron chi connectivity index (χ0n) is 11.5. The summed E-state index contributed by atoms with van der Waals surface area (Å²) in [7, 11) is -3.36. The van der Waals surface area contributed by atoms with Crippen molar-refractivity contribution in [2.45, 2.75) is 36.9 Å². The highest BCUT2D eigenvalue weighted by atomic mass is 79.9. The molecule has 1 aromatic heterocycles. The highest BCUT2D eigenvalue weighted by molar-refractivity contribution is 9.11. The minimum Gasteiger partial charge on any atom is -0.328 e. The monoisotopic (exact) mass is 402 g/mol. The Labute approximate surface area is 139 Å². The van der Waals surface area contributed by atoms with Crippen molar-refractivity contribution < 1.29 is 8.42 Å². The molecule has 2 heterocycles. The number of thiophene rings is 1. The number of aryl methyl sites for hydroxylation is 1. The highest BCUT2D eigenvalue weighted by Gasteiger charge is 2.32. The average molecular weight is 404 g/mol. The Balaban J connectivity index is 0.00000200. The van der Waals surface area contributed by atoms with Crippen molar-refractivity contribution in [2.75, 3.05) is 13.1 Å². The number of nitrogens with two attached hydrogens (primary N) is 1. The topological polar surface area (TPSA) is 63.4 Å². The Morgan fingerprint density at radius 1 is 1.55 bits per heavy atom. The minimum absolute atomic E-state index is 0. The van der Waals surface area contributed by atoms with Crippen LogP contribution in [-0.4, -0.2) is 31.9 Å². The molecule has 2 rings (SSSR count). The molecule has 0 aromatic carbocycles. The molecule has 8 heteroatoms. The van der Waals surface area contributed by atoms with Gasteiger partial charge in [0.05, 0.1) is 3.79 Å². The van der Waals surface area contributed by atoms with Crippen molar-refractivity contribution in [1.82, 2.24) is 4.31 Å². The van der Waals surface area contributed by atoms with Crippen LogP contribution in [-0.2, 0) is 10.0 Å². The third kappa shape index (κ3) is 3.75. The molecule has 2 unspecified atom stereocenters. The van der Waals surface area contributed by atoms with Crippen LogP contribution in [0.15, 0.2) is 14.1 Å². The predicted molar refractivity (Wildman–Crippen MR) is 89.1 cm³/mol. The van der Waals surface area contributed by atoms with E-state index in [-0.39, 0.29) is 24.4 Å². The molecule has 0 spiro atoms. The number of hydrogen-bond donors (Lipinski definition) is 1. The number of sulfonamides is 1. The van der Waals surface area contributed by atoms with Gasteiger partial charge >= 0.3 is 0 Å². The second kappa shape index (κ2) is 7.07. The second-order valence-electron chi connectivity index (χ2n) is 5.15. The number of halogens is 2. The molecule has 1 aliphatic heterocycles. The highest BCUT2D eigenvalue weighted by Crippen LogP contribution is 2.34. The molecular weight excluding hydrogens is 384 g/mol. The number of rotatable bonds is 3. The summed E-state index contributed by atoms with van der Waals surface area (Å²) in [6.45, 7) is 4.99. The van der Waals surface area contributed by atoms with Crippen LogP contribution in [0.4, 0.5) is 0 Å². The largest absolute Gasteiger partial charge is 0.328 e. The Hall–Kier alpha value is 0.340. The van der Waals surface area contributed by atoms with Crippen LogP contribution >= 0.6 is 39.7 Å². The first-order valence-electron chi connectivity index (χ1n) is 6.34. The Morgan fingerprint density at radius 2 is 2.20 bits per heavy atom. The van der Waals surface area contributed by atoms with Gasteiger partial charge < -0.3 is 5.73 Å². The normalized spacial score (nSPS) is 22.3. The van der Waals surface area contributed by atoms with Gasteiger partial charge in [-0.2, -0.15) is 4.31 Å². The molecule has 2 atom stereocenters. The van der Waals surface area contributed by atoms with Crippen LogP contribution in [0, 0.1) is 12.8 Å². The van der Waals surface area contributed by atoms with Gasteiger partial charge in [-0.25, -0.2) is 8.42 Å². The fourth-order valence-electron chi connectivity index (χ4n) is 2.31. The lowest BCUT2D eigenvalue weighted by Gasteiger charge is -2.33. The fourth-order valence-corrected chi connectivity index (χ4v) is 6.22. The van der Waals surface area contributed by atoms with Gasteiger partial charge in [0.15, 0.2) is 0 Å². The van der Waals surface area contributed by atoms with Gasteiger partial charge in [0.1, 0.15) is 4.21 Å². The molecule has 0 amide bonds. The smallest absolute Gasteiger partial charge is 0.252 e. The van der Waals surface area contributed by atoms with Gasteiger partial charge in [-0.1, -0.05) is 0 Å². The molecule has 1 aromatic rings. The van der Waals surface area contributed by atoms with E-state index in [1.165, 1.54) is 11.3 Å². The maximum absolute atomic E-state index is 12.6. The zero-order chi connectivity index (χ0) is 14.2. The maximum Gasteiger partial charge on any atom is 0.252 e. The predicted octanol–water partition coefficient (Wildman–Crippen LogP) is 2.99. The number of piperidine rings is 1. The third-order valence-electron chi connectivity index (χ3n) is 3.59. The summed E-state index contributed by atoms with van der Waals surface area (Å²) in [4.78, 5) is 0. The Bertz CT molecular complexity index is 540. The SMILES string of the molecule is Cc1cc(S(=O)(=O)N2CCCC(C(C)N)C2)sc1Br.Cl. The first-order valence-corrected chi connectivity index (χ1v) is 9.39. The molecule has 0 aliphatic carbocycles. The van der Waals surface area contributed by atoms with E-state index in [1.807, 2.05) is 13.8 Å². The summed E-state index contributed by atoms with van der Waals surface area (Å²) < 4.78 is 28.1. The van der Waals surface area contributed by atoms with Gasteiger partial charge in [0.2, 0.25) is 0 Å². The van der Waals surface area contributed by atoms with Crippen molar-refractivity contribution in [1.29, 1.82) is 0 Å². The lowest BCUT2D eigenvalue weighted by Crippen LogP contribution is -2.44. The molecule has 1 fully saturated rings. The molecule has 0 bridgehead atoms. The molecule has 2 N–H and O–H groups in total. The lowest BCUT2D eigenvalue weighted by molar-refractivity contribution is 0.243. The first kappa shape index (κ1) is 18.4. The summed E-state index contributed by atoms with van der Waals surface area (Å²) >= 11 is 4.66. The summed E-state index contributed by atoms with van der Waals surface area (Å²) in [5, 5.41) is 0.